The number of carbonyl (C=O) groups is 1. The molecule has 136 valence electrons. The van der Waals surface area contributed by atoms with Gasteiger partial charge in [0.1, 0.15) is 0 Å². The molecular formula is C18H19BrN4OS2. The van der Waals surface area contributed by atoms with E-state index in [-0.39, 0.29) is 11.7 Å². The average Bonchev–Trinajstić information content (AvgIpc) is 3.22. The molecule has 0 aliphatic heterocycles. The molecule has 26 heavy (non-hydrogen) atoms. The number of anilines is 1. The van der Waals surface area contributed by atoms with Gasteiger partial charge >= 0.3 is 0 Å². The smallest absolute Gasteiger partial charge is 0.234 e. The third-order valence-electron chi connectivity index (χ3n) is 3.74. The monoisotopic (exact) mass is 450 g/mol. The second-order valence-corrected chi connectivity index (χ2v) is 8.90. The van der Waals surface area contributed by atoms with E-state index in [0.717, 1.165) is 26.7 Å². The molecule has 0 unspecified atom stereocenters. The number of amides is 1. The number of hydrogen-bond acceptors (Lipinski definition) is 5. The number of nitrogens with zero attached hydrogens (tertiary/aromatic N) is 3. The molecule has 8 heteroatoms. The van der Waals surface area contributed by atoms with Crippen LogP contribution in [0.2, 0.25) is 0 Å². The van der Waals surface area contributed by atoms with Gasteiger partial charge in [-0.15, -0.1) is 21.5 Å². The zero-order chi connectivity index (χ0) is 18.7. The Hall–Kier alpha value is -1.64. The first kappa shape index (κ1) is 19.1. The van der Waals surface area contributed by atoms with E-state index in [1.165, 1.54) is 16.6 Å². The molecule has 1 amide bonds. The first-order valence-electron chi connectivity index (χ1n) is 8.10. The van der Waals surface area contributed by atoms with Crippen molar-refractivity contribution in [3.05, 3.63) is 45.1 Å². The normalized spacial score (nSPS) is 11.1. The predicted octanol–water partition coefficient (Wildman–Crippen LogP) is 5.16. The van der Waals surface area contributed by atoms with Gasteiger partial charge in [0, 0.05) is 33.0 Å². The average molecular weight is 451 g/mol. The molecule has 0 atom stereocenters. The summed E-state index contributed by atoms with van der Waals surface area (Å²) in [5.74, 6) is 1.53. The standard InChI is InChI=1S/C18H19BrN4OS2/c1-11(2)15-8-12(9-25-15)17-21-22-18(23(17)3)26-10-16(24)20-14-6-4-13(19)5-7-14/h4-9,11H,10H2,1-3H3,(H,20,24). The van der Waals surface area contributed by atoms with Crippen LogP contribution in [0, 0.1) is 0 Å². The first-order chi connectivity index (χ1) is 12.4. The fourth-order valence-electron chi connectivity index (χ4n) is 2.33. The molecule has 0 spiro atoms. The molecule has 1 aromatic carbocycles. The number of halogens is 1. The number of thiophene rings is 1. The van der Waals surface area contributed by atoms with Crippen molar-refractivity contribution in [2.24, 2.45) is 7.05 Å². The lowest BCUT2D eigenvalue weighted by molar-refractivity contribution is -0.113. The summed E-state index contributed by atoms with van der Waals surface area (Å²) in [5, 5.41) is 14.2. The summed E-state index contributed by atoms with van der Waals surface area (Å²) in [4.78, 5) is 13.5. The molecule has 0 aliphatic carbocycles. The maximum atomic E-state index is 12.1. The fourth-order valence-corrected chi connectivity index (χ4v) is 4.20. The van der Waals surface area contributed by atoms with Gasteiger partial charge in [0.15, 0.2) is 11.0 Å². The van der Waals surface area contributed by atoms with Crippen LogP contribution in [-0.2, 0) is 11.8 Å². The van der Waals surface area contributed by atoms with Crippen molar-refractivity contribution in [3.8, 4) is 11.4 Å². The highest BCUT2D eigenvalue weighted by Gasteiger charge is 2.15. The Morgan fingerprint density at radius 2 is 2.04 bits per heavy atom. The second kappa shape index (κ2) is 8.37. The Balaban J connectivity index is 1.62. The number of hydrogen-bond donors (Lipinski definition) is 1. The van der Waals surface area contributed by atoms with E-state index in [2.05, 4.69) is 56.7 Å². The summed E-state index contributed by atoms with van der Waals surface area (Å²) in [6.07, 6.45) is 0. The van der Waals surface area contributed by atoms with Crippen molar-refractivity contribution in [3.63, 3.8) is 0 Å². The van der Waals surface area contributed by atoms with Gasteiger partial charge < -0.3 is 9.88 Å². The van der Waals surface area contributed by atoms with Gasteiger partial charge in [-0.1, -0.05) is 41.5 Å². The van der Waals surface area contributed by atoms with Crippen LogP contribution < -0.4 is 5.32 Å². The van der Waals surface area contributed by atoms with E-state index in [9.17, 15) is 4.79 Å². The number of aromatic nitrogens is 3. The molecule has 1 N–H and O–H groups in total. The van der Waals surface area contributed by atoms with E-state index in [1.807, 2.05) is 35.9 Å². The predicted molar refractivity (Wildman–Crippen MR) is 112 cm³/mol. The Kier molecular flexibility index (Phi) is 6.16. The van der Waals surface area contributed by atoms with Crippen LogP contribution in [0.1, 0.15) is 24.6 Å². The van der Waals surface area contributed by atoms with Crippen molar-refractivity contribution in [2.75, 3.05) is 11.1 Å². The molecule has 0 radical (unpaired) electrons. The fraction of sp³-hybridized carbons (Fsp3) is 0.278. The maximum Gasteiger partial charge on any atom is 0.234 e. The van der Waals surface area contributed by atoms with Gasteiger partial charge in [-0.2, -0.15) is 0 Å². The van der Waals surface area contributed by atoms with Gasteiger partial charge in [-0.3, -0.25) is 4.79 Å². The molecule has 0 fully saturated rings. The minimum Gasteiger partial charge on any atom is -0.325 e. The molecule has 0 bridgehead atoms. The van der Waals surface area contributed by atoms with Crippen molar-refractivity contribution < 1.29 is 4.79 Å². The number of rotatable bonds is 6. The third-order valence-corrected chi connectivity index (χ3v) is 6.52. The van der Waals surface area contributed by atoms with Crippen molar-refractivity contribution >= 4 is 50.6 Å². The summed E-state index contributed by atoms with van der Waals surface area (Å²) in [5.41, 5.74) is 1.84. The summed E-state index contributed by atoms with van der Waals surface area (Å²) in [7, 11) is 1.93. The third kappa shape index (κ3) is 4.55. The highest BCUT2D eigenvalue weighted by molar-refractivity contribution is 9.10. The zero-order valence-corrected chi connectivity index (χ0v) is 17.9. The SMILES string of the molecule is CC(C)c1cc(-c2nnc(SCC(=O)Nc3ccc(Br)cc3)n2C)cs1. The Morgan fingerprint density at radius 1 is 1.31 bits per heavy atom. The van der Waals surface area contributed by atoms with E-state index >= 15 is 0 Å². The molecule has 2 aromatic heterocycles. The molecule has 3 rings (SSSR count). The Labute approximate surface area is 169 Å². The van der Waals surface area contributed by atoms with E-state index < -0.39 is 0 Å². The maximum absolute atomic E-state index is 12.1. The van der Waals surface area contributed by atoms with Crippen LogP contribution in [0.25, 0.3) is 11.4 Å². The molecule has 2 heterocycles. The molecule has 0 saturated heterocycles. The minimum absolute atomic E-state index is 0.0699. The molecule has 5 nitrogen and oxygen atoms in total. The zero-order valence-electron chi connectivity index (χ0n) is 14.7. The number of nitrogens with one attached hydrogen (secondary N) is 1. The second-order valence-electron chi connectivity index (χ2n) is 6.10. The minimum atomic E-state index is -0.0699. The van der Waals surface area contributed by atoms with Crippen molar-refractivity contribution in [1.82, 2.24) is 14.8 Å². The van der Waals surface area contributed by atoms with Crippen LogP contribution in [0.3, 0.4) is 0 Å². The van der Waals surface area contributed by atoms with Gasteiger partial charge in [-0.05, 0) is 36.2 Å². The van der Waals surface area contributed by atoms with E-state index in [1.54, 1.807) is 11.3 Å². The van der Waals surface area contributed by atoms with Crippen molar-refractivity contribution in [1.29, 1.82) is 0 Å². The van der Waals surface area contributed by atoms with Crippen LogP contribution in [-0.4, -0.2) is 26.4 Å². The molecule has 0 saturated carbocycles. The number of benzene rings is 1. The van der Waals surface area contributed by atoms with E-state index in [4.69, 9.17) is 0 Å². The van der Waals surface area contributed by atoms with Gasteiger partial charge in [0.05, 0.1) is 5.75 Å². The lowest BCUT2D eigenvalue weighted by atomic mass is 10.1. The Bertz CT molecular complexity index is 902. The van der Waals surface area contributed by atoms with E-state index in [0.29, 0.717) is 5.92 Å². The van der Waals surface area contributed by atoms with Crippen LogP contribution in [0.15, 0.2) is 45.3 Å². The lowest BCUT2D eigenvalue weighted by Gasteiger charge is -2.05. The number of carbonyl (C=O) groups excluding carboxylic acids is 1. The highest BCUT2D eigenvalue weighted by atomic mass is 79.9. The summed E-state index contributed by atoms with van der Waals surface area (Å²) in [6, 6.07) is 9.66. The number of thioether (sulfide) groups is 1. The van der Waals surface area contributed by atoms with Crippen LogP contribution in [0.5, 0.6) is 0 Å². The summed E-state index contributed by atoms with van der Waals surface area (Å²) >= 11 is 6.49. The van der Waals surface area contributed by atoms with Gasteiger partial charge in [0.2, 0.25) is 5.91 Å². The quantitative estimate of drug-likeness (QED) is 0.526. The highest BCUT2D eigenvalue weighted by Crippen LogP contribution is 2.30. The van der Waals surface area contributed by atoms with Gasteiger partial charge in [-0.25, -0.2) is 0 Å². The lowest BCUT2D eigenvalue weighted by Crippen LogP contribution is -2.14. The van der Waals surface area contributed by atoms with Gasteiger partial charge in [0.25, 0.3) is 0 Å². The van der Waals surface area contributed by atoms with Crippen molar-refractivity contribution in [2.45, 2.75) is 24.9 Å². The first-order valence-corrected chi connectivity index (χ1v) is 10.8. The van der Waals surface area contributed by atoms with Crippen LogP contribution in [0.4, 0.5) is 5.69 Å². The Morgan fingerprint density at radius 3 is 2.69 bits per heavy atom. The molecular weight excluding hydrogens is 432 g/mol. The molecule has 3 aromatic rings. The summed E-state index contributed by atoms with van der Waals surface area (Å²) in [6.45, 7) is 4.36. The van der Waals surface area contributed by atoms with Crippen LogP contribution >= 0.6 is 39.0 Å². The topological polar surface area (TPSA) is 59.8 Å². The molecule has 0 aliphatic rings. The summed E-state index contributed by atoms with van der Waals surface area (Å²) < 4.78 is 2.91. The largest absolute Gasteiger partial charge is 0.325 e.